The maximum absolute atomic E-state index is 4.05. The Bertz CT molecular complexity index is 597. The molecule has 2 heterocycles. The minimum Gasteiger partial charge on any atom is -0.379 e. The van der Waals surface area contributed by atoms with Crippen molar-refractivity contribution in [1.29, 1.82) is 0 Å². The minimum absolute atomic E-state index is 0.792. The van der Waals surface area contributed by atoms with Crippen molar-refractivity contribution in [2.24, 2.45) is 0 Å². The first-order valence-corrected chi connectivity index (χ1v) is 5.86. The molecule has 0 radical (unpaired) electrons. The molecule has 1 aromatic carbocycles. The first-order valence-electron chi connectivity index (χ1n) is 5.86. The van der Waals surface area contributed by atoms with Gasteiger partial charge in [-0.25, -0.2) is 4.98 Å². The second-order valence-electron chi connectivity index (χ2n) is 4.07. The Labute approximate surface area is 105 Å². The molecule has 4 nitrogen and oxygen atoms in total. The lowest BCUT2D eigenvalue weighted by molar-refractivity contribution is 1.05. The summed E-state index contributed by atoms with van der Waals surface area (Å²) in [5, 5.41) is 3.38. The zero-order valence-corrected chi connectivity index (χ0v) is 9.88. The number of imidazole rings is 1. The topological polar surface area (TPSA) is 45.6 Å². The van der Waals surface area contributed by atoms with Crippen LogP contribution < -0.4 is 5.32 Å². The molecule has 0 fully saturated rings. The number of H-pyrrole nitrogens is 1. The molecular weight excluding hydrogens is 224 g/mol. The first-order chi connectivity index (χ1) is 8.92. The van der Waals surface area contributed by atoms with E-state index in [1.807, 2.05) is 29.1 Å². The standard InChI is InChI=1S/C14H14N4/c1-3-12(17-10-13-4-2-6-16-13)9-14(5-1)18-8-7-15-11-18/h1-9,11,16-17H,10H2. The summed E-state index contributed by atoms with van der Waals surface area (Å²) in [7, 11) is 0. The lowest BCUT2D eigenvalue weighted by Crippen LogP contribution is -2.00. The predicted molar refractivity (Wildman–Crippen MR) is 71.7 cm³/mol. The van der Waals surface area contributed by atoms with Crippen molar-refractivity contribution in [2.75, 3.05) is 5.32 Å². The number of hydrogen-bond donors (Lipinski definition) is 2. The summed E-state index contributed by atoms with van der Waals surface area (Å²) in [6, 6.07) is 12.3. The van der Waals surface area contributed by atoms with Gasteiger partial charge in [0.25, 0.3) is 0 Å². The highest BCUT2D eigenvalue weighted by molar-refractivity contribution is 5.51. The van der Waals surface area contributed by atoms with Gasteiger partial charge in [-0.2, -0.15) is 0 Å². The van der Waals surface area contributed by atoms with E-state index in [2.05, 4.69) is 39.6 Å². The summed E-state index contributed by atoms with van der Waals surface area (Å²) in [4.78, 5) is 7.22. The number of hydrogen-bond acceptors (Lipinski definition) is 2. The van der Waals surface area contributed by atoms with E-state index in [9.17, 15) is 0 Å². The van der Waals surface area contributed by atoms with Crippen molar-refractivity contribution < 1.29 is 0 Å². The molecule has 0 spiro atoms. The minimum atomic E-state index is 0.792. The maximum Gasteiger partial charge on any atom is 0.0991 e. The van der Waals surface area contributed by atoms with Gasteiger partial charge >= 0.3 is 0 Å². The lowest BCUT2D eigenvalue weighted by Gasteiger charge is -2.08. The molecule has 0 bridgehead atoms. The normalized spacial score (nSPS) is 10.4. The van der Waals surface area contributed by atoms with Crippen LogP contribution in [0.15, 0.2) is 61.3 Å². The summed E-state index contributed by atoms with van der Waals surface area (Å²) >= 11 is 0. The van der Waals surface area contributed by atoms with Crippen LogP contribution in [0.4, 0.5) is 5.69 Å². The number of nitrogens with one attached hydrogen (secondary N) is 2. The van der Waals surface area contributed by atoms with Crippen molar-refractivity contribution >= 4 is 5.69 Å². The van der Waals surface area contributed by atoms with E-state index in [1.165, 1.54) is 5.69 Å². The van der Waals surface area contributed by atoms with Gasteiger partial charge in [-0.05, 0) is 30.3 Å². The Morgan fingerprint density at radius 3 is 3.00 bits per heavy atom. The van der Waals surface area contributed by atoms with Crippen LogP contribution in [0.25, 0.3) is 5.69 Å². The SMILES string of the molecule is c1cc(NCc2ccc[nH]2)cc(-n2ccnc2)c1. The largest absolute Gasteiger partial charge is 0.379 e. The third kappa shape index (κ3) is 2.27. The van der Waals surface area contributed by atoms with E-state index in [-0.39, 0.29) is 0 Å². The number of rotatable bonds is 4. The van der Waals surface area contributed by atoms with E-state index in [1.54, 1.807) is 12.5 Å². The van der Waals surface area contributed by atoms with Gasteiger partial charge in [-0.3, -0.25) is 0 Å². The maximum atomic E-state index is 4.05. The summed E-state index contributed by atoms with van der Waals surface area (Å²) < 4.78 is 1.99. The number of aromatic amines is 1. The molecule has 2 aromatic heterocycles. The number of aromatic nitrogens is 3. The number of nitrogens with zero attached hydrogens (tertiary/aromatic N) is 2. The third-order valence-corrected chi connectivity index (χ3v) is 2.79. The van der Waals surface area contributed by atoms with E-state index < -0.39 is 0 Å². The first kappa shape index (κ1) is 10.7. The van der Waals surface area contributed by atoms with Crippen LogP contribution in [-0.4, -0.2) is 14.5 Å². The Morgan fingerprint density at radius 1 is 1.22 bits per heavy atom. The van der Waals surface area contributed by atoms with Crippen molar-refractivity contribution in [2.45, 2.75) is 6.54 Å². The van der Waals surface area contributed by atoms with Gasteiger partial charge in [0.15, 0.2) is 0 Å². The Morgan fingerprint density at radius 2 is 2.22 bits per heavy atom. The zero-order chi connectivity index (χ0) is 12.2. The molecule has 90 valence electrons. The fourth-order valence-corrected chi connectivity index (χ4v) is 1.86. The molecule has 0 aliphatic carbocycles. The molecule has 2 N–H and O–H groups in total. The highest BCUT2D eigenvalue weighted by Gasteiger charge is 1.98. The predicted octanol–water partition coefficient (Wildman–Crippen LogP) is 2.81. The van der Waals surface area contributed by atoms with E-state index in [0.29, 0.717) is 0 Å². The van der Waals surface area contributed by atoms with Crippen molar-refractivity contribution in [1.82, 2.24) is 14.5 Å². The molecule has 4 heteroatoms. The highest BCUT2D eigenvalue weighted by atomic mass is 15.0. The van der Waals surface area contributed by atoms with Crippen LogP contribution in [0.2, 0.25) is 0 Å². The van der Waals surface area contributed by atoms with Crippen LogP contribution >= 0.6 is 0 Å². The van der Waals surface area contributed by atoms with Gasteiger partial charge < -0.3 is 14.9 Å². The van der Waals surface area contributed by atoms with Gasteiger partial charge in [-0.1, -0.05) is 6.07 Å². The molecular formula is C14H14N4. The smallest absolute Gasteiger partial charge is 0.0991 e. The molecule has 3 rings (SSSR count). The Hall–Kier alpha value is -2.49. The summed E-state index contributed by atoms with van der Waals surface area (Å²) in [5.74, 6) is 0. The monoisotopic (exact) mass is 238 g/mol. The van der Waals surface area contributed by atoms with Crippen LogP contribution in [0, 0.1) is 0 Å². The molecule has 0 amide bonds. The average Bonchev–Trinajstić information content (AvgIpc) is 3.10. The van der Waals surface area contributed by atoms with Gasteiger partial charge in [0.1, 0.15) is 0 Å². The number of anilines is 1. The second kappa shape index (κ2) is 4.79. The summed E-state index contributed by atoms with van der Waals surface area (Å²) in [6.07, 6.45) is 7.44. The molecule has 0 atom stereocenters. The van der Waals surface area contributed by atoms with E-state index in [4.69, 9.17) is 0 Å². The molecule has 18 heavy (non-hydrogen) atoms. The quantitative estimate of drug-likeness (QED) is 0.734. The van der Waals surface area contributed by atoms with Gasteiger partial charge in [-0.15, -0.1) is 0 Å². The molecule has 0 aliphatic rings. The third-order valence-electron chi connectivity index (χ3n) is 2.79. The van der Waals surface area contributed by atoms with Crippen molar-refractivity contribution in [3.8, 4) is 5.69 Å². The second-order valence-corrected chi connectivity index (χ2v) is 4.07. The van der Waals surface area contributed by atoms with Crippen molar-refractivity contribution in [3.63, 3.8) is 0 Å². The van der Waals surface area contributed by atoms with E-state index in [0.717, 1.165) is 17.9 Å². The number of benzene rings is 1. The Kier molecular flexibility index (Phi) is 2.84. The molecule has 0 saturated carbocycles. The van der Waals surface area contributed by atoms with Crippen LogP contribution in [0.1, 0.15) is 5.69 Å². The average molecular weight is 238 g/mol. The molecule has 0 aliphatic heterocycles. The lowest BCUT2D eigenvalue weighted by atomic mass is 10.2. The molecule has 3 aromatic rings. The van der Waals surface area contributed by atoms with Crippen LogP contribution in [0.3, 0.4) is 0 Å². The highest BCUT2D eigenvalue weighted by Crippen LogP contribution is 2.15. The zero-order valence-electron chi connectivity index (χ0n) is 9.88. The summed E-state index contributed by atoms with van der Waals surface area (Å²) in [6.45, 7) is 0.792. The van der Waals surface area contributed by atoms with E-state index >= 15 is 0 Å². The van der Waals surface area contributed by atoms with Crippen LogP contribution in [-0.2, 0) is 6.54 Å². The summed E-state index contributed by atoms with van der Waals surface area (Å²) in [5.41, 5.74) is 3.36. The van der Waals surface area contributed by atoms with Crippen molar-refractivity contribution in [3.05, 3.63) is 67.0 Å². The Balaban J connectivity index is 1.75. The molecule has 0 saturated heterocycles. The van der Waals surface area contributed by atoms with Gasteiger partial charge in [0.2, 0.25) is 0 Å². The fourth-order valence-electron chi connectivity index (χ4n) is 1.86. The van der Waals surface area contributed by atoms with Gasteiger partial charge in [0.05, 0.1) is 12.9 Å². The van der Waals surface area contributed by atoms with Crippen LogP contribution in [0.5, 0.6) is 0 Å². The fraction of sp³-hybridized carbons (Fsp3) is 0.0714. The molecule has 0 unspecified atom stereocenters. The van der Waals surface area contributed by atoms with Gasteiger partial charge in [0, 0.05) is 35.7 Å².